The lowest BCUT2D eigenvalue weighted by Crippen LogP contribution is -2.39. The molecule has 0 fully saturated rings. The van der Waals surface area contributed by atoms with E-state index < -0.39 is 11.3 Å². The van der Waals surface area contributed by atoms with E-state index in [9.17, 15) is 10.1 Å². The maximum absolute atomic E-state index is 11.9. The Balaban J connectivity index is 2.31. The molecule has 1 amide bonds. The SMILES string of the molecule is N#CC(Cc1ccccc1)(Cc1ccccc1)C(N)=O. The quantitative estimate of drug-likeness (QED) is 0.901. The molecule has 2 aromatic carbocycles. The zero-order valence-electron chi connectivity index (χ0n) is 11.1. The number of hydrogen-bond donors (Lipinski definition) is 1. The van der Waals surface area contributed by atoms with Crippen molar-refractivity contribution in [2.45, 2.75) is 12.8 Å². The minimum absolute atomic E-state index is 0.328. The van der Waals surface area contributed by atoms with Crippen molar-refractivity contribution in [3.8, 4) is 6.07 Å². The molecule has 0 aliphatic rings. The topological polar surface area (TPSA) is 66.9 Å². The Morgan fingerprint density at radius 1 is 0.950 bits per heavy atom. The number of nitrogens with zero attached hydrogens (tertiary/aromatic N) is 1. The molecule has 0 aromatic heterocycles. The van der Waals surface area contributed by atoms with Crippen molar-refractivity contribution in [3.63, 3.8) is 0 Å². The average molecular weight is 264 g/mol. The highest BCUT2D eigenvalue weighted by atomic mass is 16.1. The predicted molar refractivity (Wildman–Crippen MR) is 77.5 cm³/mol. The van der Waals surface area contributed by atoms with Gasteiger partial charge in [0.1, 0.15) is 5.41 Å². The molecule has 0 spiro atoms. The van der Waals surface area contributed by atoms with E-state index in [1.807, 2.05) is 60.7 Å². The van der Waals surface area contributed by atoms with Gasteiger partial charge in [-0.05, 0) is 11.1 Å². The molecule has 0 saturated carbocycles. The van der Waals surface area contributed by atoms with Gasteiger partial charge in [-0.1, -0.05) is 60.7 Å². The summed E-state index contributed by atoms with van der Waals surface area (Å²) in [4.78, 5) is 11.9. The van der Waals surface area contributed by atoms with E-state index in [2.05, 4.69) is 6.07 Å². The van der Waals surface area contributed by atoms with Crippen LogP contribution in [0.5, 0.6) is 0 Å². The second-order valence-corrected chi connectivity index (χ2v) is 4.88. The van der Waals surface area contributed by atoms with Crippen molar-refractivity contribution in [2.24, 2.45) is 11.1 Å². The molecule has 0 unspecified atom stereocenters. The Kier molecular flexibility index (Phi) is 4.17. The van der Waals surface area contributed by atoms with Gasteiger partial charge in [0.25, 0.3) is 0 Å². The Labute approximate surface area is 118 Å². The van der Waals surface area contributed by atoms with Gasteiger partial charge in [-0.2, -0.15) is 5.26 Å². The van der Waals surface area contributed by atoms with E-state index >= 15 is 0 Å². The molecule has 3 nitrogen and oxygen atoms in total. The lowest BCUT2D eigenvalue weighted by Gasteiger charge is -2.23. The van der Waals surface area contributed by atoms with Gasteiger partial charge in [0.05, 0.1) is 6.07 Å². The molecule has 0 atom stereocenters. The lowest BCUT2D eigenvalue weighted by atomic mass is 9.77. The second-order valence-electron chi connectivity index (χ2n) is 4.88. The minimum atomic E-state index is -1.21. The van der Waals surface area contributed by atoms with Crippen LogP contribution in [0.4, 0.5) is 0 Å². The monoisotopic (exact) mass is 264 g/mol. The smallest absolute Gasteiger partial charge is 0.238 e. The highest BCUT2D eigenvalue weighted by molar-refractivity contribution is 5.84. The first kappa shape index (κ1) is 13.8. The number of primary amides is 1. The Morgan fingerprint density at radius 2 is 1.35 bits per heavy atom. The van der Waals surface area contributed by atoms with Crippen LogP contribution in [0.25, 0.3) is 0 Å². The van der Waals surface area contributed by atoms with Crippen molar-refractivity contribution < 1.29 is 4.79 Å². The Morgan fingerprint density at radius 3 is 1.65 bits per heavy atom. The molecule has 0 aliphatic carbocycles. The van der Waals surface area contributed by atoms with E-state index in [1.54, 1.807) is 0 Å². The number of rotatable bonds is 5. The number of carbonyl (C=O) groups excluding carboxylic acids is 1. The van der Waals surface area contributed by atoms with Crippen molar-refractivity contribution in [3.05, 3.63) is 71.8 Å². The third kappa shape index (κ3) is 3.04. The zero-order chi connectivity index (χ0) is 14.4. The fourth-order valence-corrected chi connectivity index (χ4v) is 2.26. The molecule has 100 valence electrons. The molecule has 0 heterocycles. The van der Waals surface area contributed by atoms with Crippen molar-refractivity contribution in [2.75, 3.05) is 0 Å². The minimum Gasteiger partial charge on any atom is -0.368 e. The molecular formula is C17H16N2O. The maximum Gasteiger partial charge on any atom is 0.238 e. The largest absolute Gasteiger partial charge is 0.368 e. The van der Waals surface area contributed by atoms with Crippen molar-refractivity contribution >= 4 is 5.91 Å². The lowest BCUT2D eigenvalue weighted by molar-refractivity contribution is -0.124. The van der Waals surface area contributed by atoms with Crippen LogP contribution in [-0.4, -0.2) is 5.91 Å². The third-order valence-corrected chi connectivity index (χ3v) is 3.38. The van der Waals surface area contributed by atoms with Crippen LogP contribution >= 0.6 is 0 Å². The summed E-state index contributed by atoms with van der Waals surface area (Å²) in [6, 6.07) is 21.1. The molecule has 0 radical (unpaired) electrons. The van der Waals surface area contributed by atoms with E-state index in [-0.39, 0.29) is 0 Å². The Hall–Kier alpha value is -2.60. The van der Waals surface area contributed by atoms with E-state index in [4.69, 9.17) is 5.73 Å². The van der Waals surface area contributed by atoms with Gasteiger partial charge < -0.3 is 5.73 Å². The van der Waals surface area contributed by atoms with Crippen LogP contribution in [0.2, 0.25) is 0 Å². The van der Waals surface area contributed by atoms with E-state index in [0.717, 1.165) is 11.1 Å². The van der Waals surface area contributed by atoms with Gasteiger partial charge in [0.2, 0.25) is 5.91 Å². The van der Waals surface area contributed by atoms with Crippen LogP contribution < -0.4 is 5.73 Å². The maximum atomic E-state index is 11.9. The molecule has 2 aromatic rings. The molecule has 2 rings (SSSR count). The first-order valence-corrected chi connectivity index (χ1v) is 6.45. The fourth-order valence-electron chi connectivity index (χ4n) is 2.26. The number of benzene rings is 2. The van der Waals surface area contributed by atoms with Gasteiger partial charge in [-0.3, -0.25) is 4.79 Å². The van der Waals surface area contributed by atoms with Crippen LogP contribution in [0.15, 0.2) is 60.7 Å². The molecule has 20 heavy (non-hydrogen) atoms. The van der Waals surface area contributed by atoms with Gasteiger partial charge in [0, 0.05) is 12.8 Å². The number of nitrogens with two attached hydrogens (primary N) is 1. The van der Waals surface area contributed by atoms with E-state index in [0.29, 0.717) is 12.8 Å². The van der Waals surface area contributed by atoms with Crippen LogP contribution in [0.1, 0.15) is 11.1 Å². The zero-order valence-corrected chi connectivity index (χ0v) is 11.1. The van der Waals surface area contributed by atoms with Gasteiger partial charge in [0.15, 0.2) is 0 Å². The molecular weight excluding hydrogens is 248 g/mol. The first-order valence-electron chi connectivity index (χ1n) is 6.45. The molecule has 0 aliphatic heterocycles. The summed E-state index contributed by atoms with van der Waals surface area (Å²) in [6.45, 7) is 0. The highest BCUT2D eigenvalue weighted by Gasteiger charge is 2.37. The molecule has 3 heteroatoms. The van der Waals surface area contributed by atoms with Crippen LogP contribution in [0.3, 0.4) is 0 Å². The van der Waals surface area contributed by atoms with Crippen LogP contribution in [0, 0.1) is 16.7 Å². The number of carbonyl (C=O) groups is 1. The van der Waals surface area contributed by atoms with Crippen molar-refractivity contribution in [1.82, 2.24) is 0 Å². The average Bonchev–Trinajstić information content (AvgIpc) is 2.48. The number of nitriles is 1. The standard InChI is InChI=1S/C17H16N2O/c18-13-17(16(19)20,11-14-7-3-1-4-8-14)12-15-9-5-2-6-10-15/h1-10H,11-12H2,(H2,19,20). The fraction of sp³-hybridized carbons (Fsp3) is 0.176. The molecule has 2 N–H and O–H groups in total. The van der Waals surface area contributed by atoms with Gasteiger partial charge in [-0.15, -0.1) is 0 Å². The number of hydrogen-bond acceptors (Lipinski definition) is 2. The highest BCUT2D eigenvalue weighted by Crippen LogP contribution is 2.27. The van der Waals surface area contributed by atoms with Crippen molar-refractivity contribution in [1.29, 1.82) is 5.26 Å². The third-order valence-electron chi connectivity index (χ3n) is 3.38. The summed E-state index contributed by atoms with van der Waals surface area (Å²) < 4.78 is 0. The molecule has 0 bridgehead atoms. The normalized spacial score (nSPS) is 10.8. The summed E-state index contributed by atoms with van der Waals surface area (Å²) >= 11 is 0. The summed E-state index contributed by atoms with van der Waals surface area (Å²) in [7, 11) is 0. The summed E-state index contributed by atoms with van der Waals surface area (Å²) in [6.07, 6.45) is 0.656. The summed E-state index contributed by atoms with van der Waals surface area (Å²) in [5, 5.41) is 9.52. The van der Waals surface area contributed by atoms with Crippen LogP contribution in [-0.2, 0) is 17.6 Å². The Bertz CT molecular complexity index is 573. The number of amides is 1. The van der Waals surface area contributed by atoms with E-state index in [1.165, 1.54) is 0 Å². The second kappa shape index (κ2) is 6.03. The van der Waals surface area contributed by atoms with Gasteiger partial charge in [-0.25, -0.2) is 0 Å². The van der Waals surface area contributed by atoms with Gasteiger partial charge >= 0.3 is 0 Å². The summed E-state index contributed by atoms with van der Waals surface area (Å²) in [5.41, 5.74) is 6.18. The summed E-state index contributed by atoms with van der Waals surface area (Å²) in [5.74, 6) is -0.576. The first-order chi connectivity index (χ1) is 9.66. The molecule has 0 saturated heterocycles. The predicted octanol–water partition coefficient (Wildman–Crippen LogP) is 2.47.